The number of nitrogens with one attached hydrogen (secondary N) is 1. The third kappa shape index (κ3) is 8.88. The molecule has 2 rings (SSSR count). The van der Waals surface area contributed by atoms with Crippen LogP contribution in [0.5, 0.6) is 0 Å². The molecule has 0 amide bonds. The van der Waals surface area contributed by atoms with Crippen LogP contribution in [0.3, 0.4) is 0 Å². The number of hydrogen-bond acceptors (Lipinski definition) is 10. The van der Waals surface area contributed by atoms with Crippen molar-refractivity contribution in [3.8, 4) is 0 Å². The molecule has 1 aromatic heterocycles. The van der Waals surface area contributed by atoms with Crippen LogP contribution in [0, 0.1) is 0 Å². The number of H-pyrrole nitrogens is 1. The number of ether oxygens (including phenoxy) is 1. The molecule has 5 N–H and O–H groups in total. The van der Waals surface area contributed by atoms with Gasteiger partial charge in [0.05, 0.1) is 18.8 Å². The molecule has 0 saturated carbocycles. The fraction of sp³-hybridized carbons (Fsp3) is 0.556. The molecule has 1 aliphatic rings. The number of hydrogen-bond donors (Lipinski definition) is 5. The van der Waals surface area contributed by atoms with Crippen LogP contribution in [0.4, 0.5) is 0 Å². The average Bonchev–Trinajstić information content (AvgIpc) is 2.92. The van der Waals surface area contributed by atoms with E-state index in [1.165, 1.54) is 0 Å². The number of rotatable bonds is 9. The van der Waals surface area contributed by atoms with Gasteiger partial charge in [0, 0.05) is 23.6 Å². The first-order valence-electron chi connectivity index (χ1n) is 7.51. The Morgan fingerprint density at radius 3 is 2.42 bits per heavy atom. The van der Waals surface area contributed by atoms with Crippen LogP contribution in [-0.2, 0) is 31.6 Å². The topological polar surface area (TPSA) is 273 Å². The second-order valence-corrected chi connectivity index (χ2v) is 9.96. The summed E-state index contributed by atoms with van der Waals surface area (Å²) in [5, 5.41) is 3.40. The summed E-state index contributed by atoms with van der Waals surface area (Å²) in [6.45, 7) is -0.873. The molecule has 5 atom stereocenters. The summed E-state index contributed by atoms with van der Waals surface area (Å²) in [5.41, 5.74) is 7.12. The van der Waals surface area contributed by atoms with Crippen LogP contribution in [0.25, 0.3) is 10.4 Å². The van der Waals surface area contributed by atoms with Gasteiger partial charge < -0.3 is 24.3 Å². The first kappa shape index (κ1) is 28.2. The number of nitrogens with zero attached hydrogens (tertiary/aromatic N) is 4. The molecule has 1 saturated heterocycles. The van der Waals surface area contributed by atoms with E-state index in [9.17, 15) is 28.2 Å². The van der Waals surface area contributed by atoms with Gasteiger partial charge in [-0.15, -0.1) is 0 Å². The van der Waals surface area contributed by atoms with Crippen molar-refractivity contribution >= 4 is 46.5 Å². The van der Waals surface area contributed by atoms with Crippen molar-refractivity contribution in [1.29, 1.82) is 0 Å². The normalized spacial score (nSPS) is 25.0. The number of aromatic amines is 1. The third-order valence-corrected chi connectivity index (χ3v) is 7.19. The van der Waals surface area contributed by atoms with Gasteiger partial charge in [0.2, 0.25) is 0 Å². The molecule has 0 spiro atoms. The second kappa shape index (κ2) is 10.8. The Hall–Kier alpha value is -0.874. The van der Waals surface area contributed by atoms with E-state index in [4.69, 9.17) is 24.9 Å². The predicted octanol–water partition coefficient (Wildman–Crippen LogP) is -0.535. The summed E-state index contributed by atoms with van der Waals surface area (Å²) in [6.07, 6.45) is -1.33. The second-order valence-electron chi connectivity index (χ2n) is 5.54. The summed E-state index contributed by atoms with van der Waals surface area (Å²) in [5.74, 6) is 0. The van der Waals surface area contributed by atoms with Crippen molar-refractivity contribution in [3.63, 3.8) is 0 Å². The van der Waals surface area contributed by atoms with Crippen LogP contribution in [0.15, 0.2) is 27.0 Å². The van der Waals surface area contributed by atoms with Crippen molar-refractivity contribution in [2.75, 3.05) is 6.61 Å². The number of azide groups is 1. The Labute approximate surface area is 187 Å². The minimum absolute atomic E-state index is 0. The van der Waals surface area contributed by atoms with Crippen molar-refractivity contribution in [2.45, 2.75) is 24.8 Å². The largest absolute Gasteiger partial charge is 2.00 e. The Bertz CT molecular complexity index is 1090. The van der Waals surface area contributed by atoms with Gasteiger partial charge in [-0.2, -0.15) is 8.62 Å². The van der Waals surface area contributed by atoms with Gasteiger partial charge in [-0.05, 0) is 5.53 Å². The first-order chi connectivity index (χ1) is 13.7. The zero-order valence-corrected chi connectivity index (χ0v) is 19.2. The van der Waals surface area contributed by atoms with Crippen LogP contribution in [0.2, 0.25) is 0 Å². The number of aromatic nitrogens is 2. The molecule has 2 unspecified atom stereocenters. The smallest absolute Gasteiger partial charge is 0.352 e. The molecular weight excluding hydrogens is 503 g/mol. The van der Waals surface area contributed by atoms with E-state index in [-0.39, 0.29) is 29.5 Å². The molecule has 0 radical (unpaired) electrons. The Balaban J connectivity index is 0.00000480. The molecule has 0 aromatic carbocycles. The minimum atomic E-state index is -5.70. The van der Waals surface area contributed by atoms with E-state index in [0.29, 0.717) is 0 Å². The van der Waals surface area contributed by atoms with Crippen LogP contribution in [-0.4, -0.2) is 70.9 Å². The van der Waals surface area contributed by atoms with Gasteiger partial charge >= 0.3 is 52.2 Å². The van der Waals surface area contributed by atoms with E-state index in [1.54, 1.807) is 0 Å². The molecule has 18 nitrogen and oxygen atoms in total. The van der Waals surface area contributed by atoms with Crippen molar-refractivity contribution in [1.82, 2.24) is 9.55 Å². The summed E-state index contributed by atoms with van der Waals surface area (Å²) in [4.78, 5) is 63.0. The molecule has 31 heavy (non-hydrogen) atoms. The number of phosphoric acid groups is 3. The van der Waals surface area contributed by atoms with Gasteiger partial charge in [0.1, 0.15) is 6.23 Å². The van der Waals surface area contributed by atoms with Gasteiger partial charge in [-0.3, -0.25) is 18.9 Å². The molecular formula is C9H14MgN5O13P3+2. The van der Waals surface area contributed by atoms with Crippen molar-refractivity contribution in [3.05, 3.63) is 43.5 Å². The van der Waals surface area contributed by atoms with E-state index in [0.717, 1.165) is 16.8 Å². The quantitative estimate of drug-likeness (QED) is 0.0906. The van der Waals surface area contributed by atoms with Gasteiger partial charge in [0.25, 0.3) is 5.56 Å². The molecule has 0 aliphatic carbocycles. The van der Waals surface area contributed by atoms with Crippen LogP contribution in [0.1, 0.15) is 12.6 Å². The monoisotopic (exact) mass is 517 g/mol. The molecule has 168 valence electrons. The van der Waals surface area contributed by atoms with E-state index >= 15 is 0 Å². The number of phosphoric ester groups is 1. The fourth-order valence-electron chi connectivity index (χ4n) is 2.35. The Morgan fingerprint density at radius 2 is 1.87 bits per heavy atom. The van der Waals surface area contributed by atoms with E-state index in [1.807, 2.05) is 4.98 Å². The third-order valence-electron chi connectivity index (χ3n) is 3.38. The van der Waals surface area contributed by atoms with Crippen molar-refractivity contribution < 1.29 is 51.2 Å². The molecule has 1 aliphatic heterocycles. The maximum atomic E-state index is 11.8. The molecule has 2 heterocycles. The SMILES string of the molecule is [Mg+2].[N-]=[N+]=N[C@H]1C[C@H](n2ccc(=O)[nH]c2=O)O[C@@H]1COP(=O)(O)OP(=O)(O)OP(=O)(O)O. The van der Waals surface area contributed by atoms with E-state index < -0.39 is 59.7 Å². The van der Waals surface area contributed by atoms with Crippen LogP contribution < -0.4 is 11.2 Å². The zero-order valence-electron chi connectivity index (χ0n) is 15.1. The average molecular weight is 517 g/mol. The Kier molecular flexibility index (Phi) is 9.84. The predicted molar refractivity (Wildman–Crippen MR) is 98.4 cm³/mol. The molecule has 22 heteroatoms. The van der Waals surface area contributed by atoms with Gasteiger partial charge in [-0.1, -0.05) is 5.11 Å². The minimum Gasteiger partial charge on any atom is -0.352 e. The summed E-state index contributed by atoms with van der Waals surface area (Å²) in [6, 6.07) is -0.0155. The zero-order chi connectivity index (χ0) is 22.7. The van der Waals surface area contributed by atoms with Gasteiger partial charge in [-0.25, -0.2) is 18.5 Å². The van der Waals surface area contributed by atoms with Crippen LogP contribution >= 0.6 is 23.5 Å². The summed E-state index contributed by atoms with van der Waals surface area (Å²) >= 11 is 0. The van der Waals surface area contributed by atoms with Gasteiger partial charge in [0.15, 0.2) is 0 Å². The summed E-state index contributed by atoms with van der Waals surface area (Å²) in [7, 11) is -16.7. The van der Waals surface area contributed by atoms with Crippen molar-refractivity contribution in [2.24, 2.45) is 5.11 Å². The molecule has 1 fully saturated rings. The molecule has 1 aromatic rings. The maximum Gasteiger partial charge on any atom is 2.00 e. The fourth-order valence-corrected chi connectivity index (χ4v) is 5.38. The maximum absolute atomic E-state index is 11.8. The molecule has 0 bridgehead atoms. The first-order valence-corrected chi connectivity index (χ1v) is 12.0. The van der Waals surface area contributed by atoms with E-state index in [2.05, 4.69) is 23.2 Å². The standard InChI is InChI=1S/C9H14N5O13P3.Mg/c10-13-12-5-3-8(14-2-1-7(15)11-9(14)16)25-6(5)4-24-29(20,21)27-30(22,23)26-28(17,18)19;/h1-2,5-6,8H,3-4H2,(H,20,21)(H,22,23)(H,11,15,16)(H2,17,18,19);/q;+2/t5-,6+,8+;/m0./s1. The Morgan fingerprint density at radius 1 is 1.23 bits per heavy atom. The summed E-state index contributed by atoms with van der Waals surface area (Å²) < 4.78 is 51.6.